The summed E-state index contributed by atoms with van der Waals surface area (Å²) >= 11 is 0. The molecule has 2 atom stereocenters. The predicted octanol–water partition coefficient (Wildman–Crippen LogP) is 4.72. The van der Waals surface area contributed by atoms with Gasteiger partial charge in [-0.2, -0.15) is 0 Å². The molecule has 0 aliphatic carbocycles. The topological polar surface area (TPSA) is 12.0 Å². The van der Waals surface area contributed by atoms with E-state index < -0.39 is 0 Å². The quantitative estimate of drug-likeness (QED) is 0.838. The zero-order chi connectivity index (χ0) is 15.4. The van der Waals surface area contributed by atoms with Crippen molar-refractivity contribution in [1.29, 1.82) is 0 Å². The molecule has 2 aromatic carbocycles. The van der Waals surface area contributed by atoms with Crippen LogP contribution in [-0.2, 0) is 6.42 Å². The van der Waals surface area contributed by atoms with Crippen LogP contribution < -0.4 is 5.32 Å². The van der Waals surface area contributed by atoms with Gasteiger partial charge in [0, 0.05) is 12.1 Å². The van der Waals surface area contributed by atoms with Gasteiger partial charge in [0.15, 0.2) is 0 Å². The Morgan fingerprint density at radius 2 is 1.76 bits per heavy atom. The van der Waals surface area contributed by atoms with Crippen LogP contribution in [0.2, 0.25) is 0 Å². The summed E-state index contributed by atoms with van der Waals surface area (Å²) in [5.41, 5.74) is 4.65. The number of halogens is 1. The van der Waals surface area contributed by atoms with E-state index >= 15 is 0 Å². The fourth-order valence-electron chi connectivity index (χ4n) is 2.88. The van der Waals surface area contributed by atoms with Crippen molar-refractivity contribution in [2.24, 2.45) is 0 Å². The summed E-state index contributed by atoms with van der Waals surface area (Å²) in [4.78, 5) is 0. The molecule has 0 saturated carbocycles. The predicted molar refractivity (Wildman–Crippen MR) is 87.0 cm³/mol. The lowest BCUT2D eigenvalue weighted by atomic mass is 9.98. The molecule has 112 valence electrons. The molecule has 0 saturated heterocycles. The van der Waals surface area contributed by atoms with Gasteiger partial charge in [0.05, 0.1) is 0 Å². The van der Waals surface area contributed by atoms with Gasteiger partial charge in [-0.1, -0.05) is 42.0 Å². The van der Waals surface area contributed by atoms with E-state index in [9.17, 15) is 4.39 Å². The first-order valence-electron chi connectivity index (χ1n) is 7.54. The van der Waals surface area contributed by atoms with Crippen LogP contribution in [0.4, 0.5) is 4.39 Å². The Hall–Kier alpha value is -1.67. The van der Waals surface area contributed by atoms with Gasteiger partial charge in [-0.05, 0) is 56.9 Å². The molecule has 21 heavy (non-hydrogen) atoms. The smallest absolute Gasteiger partial charge is 0.126 e. The third-order valence-corrected chi connectivity index (χ3v) is 3.91. The summed E-state index contributed by atoms with van der Waals surface area (Å²) in [7, 11) is 0. The van der Waals surface area contributed by atoms with E-state index in [-0.39, 0.29) is 17.9 Å². The molecule has 2 aromatic rings. The van der Waals surface area contributed by atoms with Crippen molar-refractivity contribution in [2.75, 3.05) is 0 Å². The van der Waals surface area contributed by atoms with E-state index in [0.29, 0.717) is 6.42 Å². The summed E-state index contributed by atoms with van der Waals surface area (Å²) in [5.74, 6) is -0.120. The van der Waals surface area contributed by atoms with Crippen molar-refractivity contribution < 1.29 is 4.39 Å². The summed E-state index contributed by atoms with van der Waals surface area (Å²) in [6.07, 6.45) is 0.696. The number of nitrogens with one attached hydrogen (secondary N) is 1. The van der Waals surface area contributed by atoms with Crippen molar-refractivity contribution in [3.8, 4) is 0 Å². The first-order valence-corrected chi connectivity index (χ1v) is 7.54. The van der Waals surface area contributed by atoms with Crippen LogP contribution in [0.3, 0.4) is 0 Å². The Kier molecular flexibility index (Phi) is 5.13. The van der Waals surface area contributed by atoms with Gasteiger partial charge in [0.1, 0.15) is 5.82 Å². The van der Waals surface area contributed by atoms with Gasteiger partial charge in [-0.3, -0.25) is 0 Å². The molecule has 1 N–H and O–H groups in total. The minimum atomic E-state index is -0.120. The molecule has 2 heteroatoms. The maximum Gasteiger partial charge on any atom is 0.126 e. The maximum atomic E-state index is 13.7. The second kappa shape index (κ2) is 6.86. The zero-order valence-electron chi connectivity index (χ0n) is 13.3. The zero-order valence-corrected chi connectivity index (χ0v) is 13.3. The van der Waals surface area contributed by atoms with E-state index in [1.165, 1.54) is 22.8 Å². The van der Waals surface area contributed by atoms with Gasteiger partial charge >= 0.3 is 0 Å². The second-order valence-electron chi connectivity index (χ2n) is 5.94. The molecule has 0 fully saturated rings. The van der Waals surface area contributed by atoms with Crippen molar-refractivity contribution in [3.05, 3.63) is 70.5 Å². The van der Waals surface area contributed by atoms with E-state index in [1.54, 1.807) is 6.07 Å². The molecule has 0 spiro atoms. The van der Waals surface area contributed by atoms with Crippen LogP contribution in [0.1, 0.15) is 42.1 Å². The maximum absolute atomic E-state index is 13.7. The second-order valence-corrected chi connectivity index (χ2v) is 5.94. The highest BCUT2D eigenvalue weighted by Gasteiger charge is 2.13. The Labute approximate surface area is 127 Å². The summed E-state index contributed by atoms with van der Waals surface area (Å²) in [5, 5.41) is 3.57. The molecule has 0 aromatic heterocycles. The highest BCUT2D eigenvalue weighted by Crippen LogP contribution is 2.20. The van der Waals surface area contributed by atoms with Crippen LogP contribution in [0, 0.1) is 19.7 Å². The normalized spacial score (nSPS) is 14.0. The standard InChI is InChI=1S/C19H24FN/c1-13-9-10-18(14(2)11-13)16(4)21-15(3)12-17-7-5-6-8-19(17)20/h5-11,15-16,21H,12H2,1-4H3. The van der Waals surface area contributed by atoms with Gasteiger partial charge in [0.2, 0.25) is 0 Å². The van der Waals surface area contributed by atoms with Gasteiger partial charge in [0.25, 0.3) is 0 Å². The lowest BCUT2D eigenvalue weighted by Crippen LogP contribution is -2.31. The fourth-order valence-corrected chi connectivity index (χ4v) is 2.88. The summed E-state index contributed by atoms with van der Waals surface area (Å²) in [6, 6.07) is 14.0. The van der Waals surface area contributed by atoms with Crippen molar-refractivity contribution in [3.63, 3.8) is 0 Å². The molecular formula is C19H24FN. The van der Waals surface area contributed by atoms with E-state index in [1.807, 2.05) is 12.1 Å². The van der Waals surface area contributed by atoms with Crippen LogP contribution in [0.5, 0.6) is 0 Å². The molecule has 2 rings (SSSR count). The first kappa shape index (κ1) is 15.7. The lowest BCUT2D eigenvalue weighted by molar-refractivity contribution is 0.468. The Bertz CT molecular complexity index is 606. The number of aryl methyl sites for hydroxylation is 2. The minimum absolute atomic E-state index is 0.120. The fraction of sp³-hybridized carbons (Fsp3) is 0.368. The molecule has 0 bridgehead atoms. The first-order chi connectivity index (χ1) is 9.97. The molecule has 0 radical (unpaired) electrons. The van der Waals surface area contributed by atoms with Crippen LogP contribution in [0.15, 0.2) is 42.5 Å². The third kappa shape index (κ3) is 4.15. The average molecular weight is 285 g/mol. The van der Waals surface area contributed by atoms with Crippen LogP contribution >= 0.6 is 0 Å². The van der Waals surface area contributed by atoms with Crippen LogP contribution in [-0.4, -0.2) is 6.04 Å². The SMILES string of the molecule is Cc1ccc(C(C)NC(C)Cc2ccccc2F)c(C)c1. The number of hydrogen-bond acceptors (Lipinski definition) is 1. The summed E-state index contributed by atoms with van der Waals surface area (Å²) in [6.45, 7) is 8.51. The molecule has 0 heterocycles. The lowest BCUT2D eigenvalue weighted by Gasteiger charge is -2.22. The largest absolute Gasteiger partial charge is 0.307 e. The monoisotopic (exact) mass is 285 g/mol. The number of hydrogen-bond donors (Lipinski definition) is 1. The molecule has 2 unspecified atom stereocenters. The molecule has 0 amide bonds. The summed E-state index contributed by atoms with van der Waals surface area (Å²) < 4.78 is 13.7. The van der Waals surface area contributed by atoms with E-state index in [4.69, 9.17) is 0 Å². The number of benzene rings is 2. The van der Waals surface area contributed by atoms with Crippen molar-refractivity contribution in [1.82, 2.24) is 5.32 Å². The molecule has 0 aliphatic rings. The van der Waals surface area contributed by atoms with Crippen molar-refractivity contribution in [2.45, 2.75) is 46.2 Å². The molecule has 1 nitrogen and oxygen atoms in total. The Morgan fingerprint density at radius 3 is 2.43 bits per heavy atom. The van der Waals surface area contributed by atoms with Gasteiger partial charge in [-0.15, -0.1) is 0 Å². The van der Waals surface area contributed by atoms with Crippen LogP contribution in [0.25, 0.3) is 0 Å². The Balaban J connectivity index is 2.02. The molecular weight excluding hydrogens is 261 g/mol. The highest BCUT2D eigenvalue weighted by atomic mass is 19.1. The Morgan fingerprint density at radius 1 is 1.05 bits per heavy atom. The third-order valence-electron chi connectivity index (χ3n) is 3.91. The van der Waals surface area contributed by atoms with Crippen molar-refractivity contribution >= 4 is 0 Å². The van der Waals surface area contributed by atoms with E-state index in [2.05, 4.69) is 51.2 Å². The average Bonchev–Trinajstić information content (AvgIpc) is 2.41. The van der Waals surface area contributed by atoms with Gasteiger partial charge < -0.3 is 5.32 Å². The van der Waals surface area contributed by atoms with Gasteiger partial charge in [-0.25, -0.2) is 4.39 Å². The van der Waals surface area contributed by atoms with E-state index in [0.717, 1.165) is 5.56 Å². The minimum Gasteiger partial charge on any atom is -0.307 e. The highest BCUT2D eigenvalue weighted by molar-refractivity contribution is 5.32. The number of rotatable bonds is 5. The molecule has 0 aliphatic heterocycles.